The Morgan fingerprint density at radius 1 is 1.40 bits per heavy atom. The van der Waals surface area contributed by atoms with Crippen LogP contribution >= 0.6 is 12.4 Å². The zero-order chi connectivity index (χ0) is 11.4. The van der Waals surface area contributed by atoms with Crippen LogP contribution in [0, 0.1) is 0 Å². The van der Waals surface area contributed by atoms with Crippen molar-refractivity contribution in [1.29, 1.82) is 0 Å². The molecule has 0 aromatic rings. The van der Waals surface area contributed by atoms with Crippen molar-refractivity contribution in [3.05, 3.63) is 0 Å². The summed E-state index contributed by atoms with van der Waals surface area (Å²) in [5.74, 6) is -0.912. The first-order chi connectivity index (χ1) is 6.31. The highest BCUT2D eigenvalue weighted by atomic mass is 35.5. The van der Waals surface area contributed by atoms with Gasteiger partial charge in [0.1, 0.15) is 5.54 Å². The molecule has 0 aromatic carbocycles. The Morgan fingerprint density at radius 3 is 2.20 bits per heavy atom. The lowest BCUT2D eigenvalue weighted by Gasteiger charge is -2.24. The molecular formula is C9H20ClN3O2. The molecule has 1 unspecified atom stereocenters. The van der Waals surface area contributed by atoms with Crippen LogP contribution in [0.15, 0.2) is 0 Å². The van der Waals surface area contributed by atoms with Gasteiger partial charge in [0.15, 0.2) is 0 Å². The second-order valence-electron chi connectivity index (χ2n) is 3.87. The molecule has 15 heavy (non-hydrogen) atoms. The second kappa shape index (κ2) is 6.63. The number of nitrogens with one attached hydrogen (secondary N) is 1. The van der Waals surface area contributed by atoms with Crippen molar-refractivity contribution in [3.8, 4) is 0 Å². The summed E-state index contributed by atoms with van der Waals surface area (Å²) in [6.45, 7) is 5.03. The van der Waals surface area contributed by atoms with E-state index in [0.717, 1.165) is 6.42 Å². The van der Waals surface area contributed by atoms with Gasteiger partial charge in [0.25, 0.3) is 0 Å². The van der Waals surface area contributed by atoms with Crippen LogP contribution in [0.3, 0.4) is 0 Å². The Labute approximate surface area is 96.4 Å². The maximum Gasteiger partial charge on any atom is 0.242 e. The molecule has 2 amide bonds. The molecule has 0 aliphatic heterocycles. The topological polar surface area (TPSA) is 98.2 Å². The molecule has 6 heteroatoms. The van der Waals surface area contributed by atoms with Gasteiger partial charge in [-0.3, -0.25) is 9.59 Å². The first kappa shape index (κ1) is 16.6. The van der Waals surface area contributed by atoms with Gasteiger partial charge in [0.05, 0.1) is 6.04 Å². The fourth-order valence-electron chi connectivity index (χ4n) is 0.904. The van der Waals surface area contributed by atoms with E-state index in [9.17, 15) is 9.59 Å². The van der Waals surface area contributed by atoms with E-state index in [4.69, 9.17) is 11.5 Å². The number of primary amides is 1. The predicted molar refractivity (Wildman–Crippen MR) is 61.5 cm³/mol. The lowest BCUT2D eigenvalue weighted by atomic mass is 10.0. The molecule has 5 N–H and O–H groups in total. The zero-order valence-corrected chi connectivity index (χ0v) is 10.2. The molecule has 0 heterocycles. The maximum absolute atomic E-state index is 11.4. The normalized spacial score (nSPS) is 12.5. The van der Waals surface area contributed by atoms with Gasteiger partial charge in [0, 0.05) is 0 Å². The summed E-state index contributed by atoms with van der Waals surface area (Å²) in [6.07, 6.45) is 1.42. The Morgan fingerprint density at radius 2 is 1.87 bits per heavy atom. The molecule has 0 aromatic heterocycles. The highest BCUT2D eigenvalue weighted by Gasteiger charge is 2.28. The van der Waals surface area contributed by atoms with E-state index in [0.29, 0.717) is 6.42 Å². The number of carbonyl (C=O) groups is 2. The highest BCUT2D eigenvalue weighted by Crippen LogP contribution is 2.02. The summed E-state index contributed by atoms with van der Waals surface area (Å²) in [6, 6.07) is -0.571. The molecule has 5 nitrogen and oxygen atoms in total. The summed E-state index contributed by atoms with van der Waals surface area (Å²) in [4.78, 5) is 22.3. The van der Waals surface area contributed by atoms with Crippen LogP contribution in [0.1, 0.15) is 33.6 Å². The molecular weight excluding hydrogens is 218 g/mol. The Bertz CT molecular complexity index is 231. The minimum Gasteiger partial charge on any atom is -0.368 e. The van der Waals surface area contributed by atoms with Crippen LogP contribution < -0.4 is 16.8 Å². The van der Waals surface area contributed by atoms with Crippen molar-refractivity contribution in [2.75, 3.05) is 0 Å². The summed E-state index contributed by atoms with van der Waals surface area (Å²) >= 11 is 0. The van der Waals surface area contributed by atoms with E-state index in [1.54, 1.807) is 13.8 Å². The SMILES string of the molecule is CCCC(N)C(=O)NC(C)(C)C(N)=O.Cl. The second-order valence-corrected chi connectivity index (χ2v) is 3.87. The molecule has 0 aliphatic carbocycles. The minimum absolute atomic E-state index is 0. The number of nitrogens with two attached hydrogens (primary N) is 2. The van der Waals surface area contributed by atoms with E-state index >= 15 is 0 Å². The summed E-state index contributed by atoms with van der Waals surface area (Å²) in [5, 5.41) is 2.50. The first-order valence-electron chi connectivity index (χ1n) is 4.68. The summed E-state index contributed by atoms with van der Waals surface area (Å²) < 4.78 is 0. The Kier molecular flexibility index (Phi) is 7.35. The fourth-order valence-corrected chi connectivity index (χ4v) is 0.904. The first-order valence-corrected chi connectivity index (χ1v) is 4.68. The van der Waals surface area contributed by atoms with Gasteiger partial charge in [-0.2, -0.15) is 0 Å². The third-order valence-corrected chi connectivity index (χ3v) is 1.99. The molecule has 0 saturated heterocycles. The molecule has 0 fully saturated rings. The van der Waals surface area contributed by atoms with Crippen LogP contribution in [-0.2, 0) is 9.59 Å². The third kappa shape index (κ3) is 5.59. The summed E-state index contributed by atoms with van der Waals surface area (Å²) in [5.41, 5.74) is 9.63. The molecule has 0 aliphatic rings. The maximum atomic E-state index is 11.4. The summed E-state index contributed by atoms with van der Waals surface area (Å²) in [7, 11) is 0. The smallest absolute Gasteiger partial charge is 0.242 e. The fraction of sp³-hybridized carbons (Fsp3) is 0.778. The van der Waals surface area contributed by atoms with Crippen molar-refractivity contribution in [2.45, 2.75) is 45.2 Å². The monoisotopic (exact) mass is 237 g/mol. The predicted octanol–water partition coefficient (Wildman–Crippen LogP) is -0.0843. The van der Waals surface area contributed by atoms with Gasteiger partial charge in [-0.15, -0.1) is 12.4 Å². The van der Waals surface area contributed by atoms with Gasteiger partial charge in [0.2, 0.25) is 11.8 Å². The highest BCUT2D eigenvalue weighted by molar-refractivity contribution is 5.91. The van der Waals surface area contributed by atoms with Crippen LogP contribution in [0.25, 0.3) is 0 Å². The number of carbonyl (C=O) groups excluding carboxylic acids is 2. The van der Waals surface area contributed by atoms with Crippen molar-refractivity contribution < 1.29 is 9.59 Å². The van der Waals surface area contributed by atoms with Crippen molar-refractivity contribution in [2.24, 2.45) is 11.5 Å². The van der Waals surface area contributed by atoms with Crippen LogP contribution in [-0.4, -0.2) is 23.4 Å². The zero-order valence-electron chi connectivity index (χ0n) is 9.37. The quantitative estimate of drug-likeness (QED) is 0.624. The van der Waals surface area contributed by atoms with Crippen LogP contribution in [0.2, 0.25) is 0 Å². The molecule has 0 bridgehead atoms. The Hall–Kier alpha value is -0.810. The molecule has 0 radical (unpaired) electrons. The van der Waals surface area contributed by atoms with Crippen LogP contribution in [0.4, 0.5) is 0 Å². The standard InChI is InChI=1S/C9H19N3O2.ClH/c1-4-5-6(10)7(13)12-9(2,3)8(11)14;/h6H,4-5,10H2,1-3H3,(H2,11,14)(H,12,13);1H. The van der Waals surface area contributed by atoms with Gasteiger partial charge in [-0.1, -0.05) is 13.3 Å². The van der Waals surface area contributed by atoms with Crippen LogP contribution in [0.5, 0.6) is 0 Å². The van der Waals surface area contributed by atoms with Gasteiger partial charge >= 0.3 is 0 Å². The van der Waals surface area contributed by atoms with E-state index < -0.39 is 17.5 Å². The van der Waals surface area contributed by atoms with Gasteiger partial charge in [-0.05, 0) is 20.3 Å². The van der Waals surface area contributed by atoms with Gasteiger partial charge < -0.3 is 16.8 Å². The average Bonchev–Trinajstić information content (AvgIpc) is 2.03. The van der Waals surface area contributed by atoms with Crippen molar-refractivity contribution in [1.82, 2.24) is 5.32 Å². The molecule has 0 spiro atoms. The lowest BCUT2D eigenvalue weighted by Crippen LogP contribution is -2.56. The van der Waals surface area contributed by atoms with Gasteiger partial charge in [-0.25, -0.2) is 0 Å². The molecule has 1 atom stereocenters. The third-order valence-electron chi connectivity index (χ3n) is 1.99. The molecule has 90 valence electrons. The van der Waals surface area contributed by atoms with E-state index in [-0.39, 0.29) is 18.3 Å². The van der Waals surface area contributed by atoms with E-state index in [1.807, 2.05) is 6.92 Å². The minimum atomic E-state index is -1.04. The number of halogens is 1. The van der Waals surface area contributed by atoms with E-state index in [1.165, 1.54) is 0 Å². The number of hydrogen-bond acceptors (Lipinski definition) is 3. The lowest BCUT2D eigenvalue weighted by molar-refractivity contribution is -0.131. The average molecular weight is 238 g/mol. The number of rotatable bonds is 5. The van der Waals surface area contributed by atoms with Crippen molar-refractivity contribution >= 4 is 24.2 Å². The van der Waals surface area contributed by atoms with E-state index in [2.05, 4.69) is 5.32 Å². The number of hydrogen-bond donors (Lipinski definition) is 3. The largest absolute Gasteiger partial charge is 0.368 e. The number of amides is 2. The molecule has 0 saturated carbocycles. The Balaban J connectivity index is 0. The molecule has 0 rings (SSSR count). The van der Waals surface area contributed by atoms with Crippen molar-refractivity contribution in [3.63, 3.8) is 0 Å².